The molecule has 0 radical (unpaired) electrons. The van der Waals surface area contributed by atoms with Crippen LogP contribution in [-0.2, 0) is 11.8 Å². The number of hydrogen-bond acceptors (Lipinski definition) is 5. The summed E-state index contributed by atoms with van der Waals surface area (Å²) < 4.78 is 7.36. The van der Waals surface area contributed by atoms with Crippen LogP contribution in [0.5, 0.6) is 5.75 Å². The fourth-order valence-electron chi connectivity index (χ4n) is 4.72. The molecule has 3 atom stereocenters. The number of nitrogen functional groups attached to an aromatic ring is 1. The summed E-state index contributed by atoms with van der Waals surface area (Å²) in [4.78, 5) is 22.3. The van der Waals surface area contributed by atoms with Gasteiger partial charge >= 0.3 is 0 Å². The smallest absolute Gasteiger partial charge is 0.245 e. The molecule has 2 fully saturated rings. The molecule has 3 aromatic rings. The zero-order valence-corrected chi connectivity index (χ0v) is 18.6. The standard InChI is InChI=1S/C24H22ClN5O2/c1-4-20(31)30-10-15-14(16(15)11-30)6-8-18-21(13-5-7-17(25)19(9-13)32-3)22-23(26)27-12-28-24(22)29(18)2/h4-5,7,9,12,14-16H,1,10-11H2,2-3H3,(H2,26,27,28)/t14?,15-,16+. The summed E-state index contributed by atoms with van der Waals surface area (Å²) >= 11 is 6.25. The van der Waals surface area contributed by atoms with E-state index in [-0.39, 0.29) is 11.8 Å². The van der Waals surface area contributed by atoms with Crippen molar-refractivity contribution in [2.45, 2.75) is 0 Å². The van der Waals surface area contributed by atoms with Crippen LogP contribution in [-0.4, -0.2) is 45.5 Å². The highest BCUT2D eigenvalue weighted by Gasteiger charge is 2.55. The van der Waals surface area contributed by atoms with Gasteiger partial charge in [-0.3, -0.25) is 4.79 Å². The predicted octanol–water partition coefficient (Wildman–Crippen LogP) is 3.12. The molecule has 162 valence electrons. The number of nitrogens with zero attached hydrogens (tertiary/aromatic N) is 4. The number of fused-ring (bicyclic) bond motifs is 2. The lowest BCUT2D eigenvalue weighted by atomic mass is 10.0. The zero-order chi connectivity index (χ0) is 22.6. The number of amides is 1. The van der Waals surface area contributed by atoms with E-state index < -0.39 is 0 Å². The largest absolute Gasteiger partial charge is 0.495 e. The number of hydrogen-bond donors (Lipinski definition) is 1. The lowest BCUT2D eigenvalue weighted by molar-refractivity contribution is -0.125. The molecule has 0 spiro atoms. The van der Waals surface area contributed by atoms with Crippen LogP contribution in [0.4, 0.5) is 5.82 Å². The van der Waals surface area contributed by atoms with Crippen molar-refractivity contribution in [2.24, 2.45) is 24.8 Å². The zero-order valence-electron chi connectivity index (χ0n) is 17.8. The maximum absolute atomic E-state index is 11.8. The van der Waals surface area contributed by atoms with Crippen molar-refractivity contribution in [3.05, 3.63) is 47.9 Å². The van der Waals surface area contributed by atoms with E-state index in [1.165, 1.54) is 12.4 Å². The number of carbonyl (C=O) groups is 1. The number of piperidine rings is 1. The SMILES string of the molecule is C=CC(=O)N1C[C@@H]2C(C#Cc3c(-c4ccc(Cl)c(OC)c4)c4c(N)ncnc4n3C)[C@@H]2C1. The second-order valence-corrected chi connectivity index (χ2v) is 8.57. The number of likely N-dealkylation sites (tertiary alicyclic amines) is 1. The van der Waals surface area contributed by atoms with Gasteiger partial charge < -0.3 is 19.9 Å². The third-order valence-corrected chi connectivity index (χ3v) is 6.79. The number of benzene rings is 1. The monoisotopic (exact) mass is 447 g/mol. The summed E-state index contributed by atoms with van der Waals surface area (Å²) in [7, 11) is 3.51. The van der Waals surface area contributed by atoms with E-state index >= 15 is 0 Å². The number of aryl methyl sites for hydroxylation is 1. The van der Waals surface area contributed by atoms with Gasteiger partial charge in [0, 0.05) is 31.6 Å². The number of ether oxygens (including phenoxy) is 1. The van der Waals surface area contributed by atoms with E-state index in [1.807, 2.05) is 28.6 Å². The van der Waals surface area contributed by atoms with Crippen LogP contribution in [0.2, 0.25) is 5.02 Å². The van der Waals surface area contributed by atoms with E-state index in [1.54, 1.807) is 13.2 Å². The lowest BCUT2D eigenvalue weighted by Crippen LogP contribution is -2.29. The van der Waals surface area contributed by atoms with E-state index in [0.717, 1.165) is 35.3 Å². The second kappa shape index (κ2) is 7.57. The van der Waals surface area contributed by atoms with Gasteiger partial charge in [0.1, 0.15) is 29.2 Å². The van der Waals surface area contributed by atoms with Crippen molar-refractivity contribution in [1.82, 2.24) is 19.4 Å². The van der Waals surface area contributed by atoms with Crippen LogP contribution in [0, 0.1) is 29.6 Å². The number of methoxy groups -OCH3 is 1. The number of rotatable bonds is 3. The quantitative estimate of drug-likeness (QED) is 0.492. The number of nitrogens with two attached hydrogens (primary N) is 1. The average Bonchev–Trinajstić information content (AvgIpc) is 3.12. The molecule has 1 saturated heterocycles. The Morgan fingerprint density at radius 1 is 1.34 bits per heavy atom. The first kappa shape index (κ1) is 20.4. The first-order chi connectivity index (χ1) is 15.4. The Bertz CT molecular complexity index is 1320. The Hall–Kier alpha value is -3.50. The minimum absolute atomic E-state index is 0.00869. The van der Waals surface area contributed by atoms with Crippen molar-refractivity contribution in [2.75, 3.05) is 25.9 Å². The molecule has 2 aliphatic rings. The molecule has 3 heterocycles. The Balaban J connectivity index is 1.57. The van der Waals surface area contributed by atoms with Gasteiger partial charge in [-0.1, -0.05) is 30.2 Å². The van der Waals surface area contributed by atoms with Crippen LogP contribution in [0.15, 0.2) is 37.2 Å². The maximum atomic E-state index is 11.8. The highest BCUT2D eigenvalue weighted by molar-refractivity contribution is 6.32. The summed E-state index contributed by atoms with van der Waals surface area (Å²) in [6.07, 6.45) is 2.83. The van der Waals surface area contributed by atoms with Crippen LogP contribution in [0.1, 0.15) is 5.69 Å². The van der Waals surface area contributed by atoms with Crippen LogP contribution >= 0.6 is 11.6 Å². The maximum Gasteiger partial charge on any atom is 0.245 e. The van der Waals surface area contributed by atoms with E-state index in [9.17, 15) is 4.79 Å². The topological polar surface area (TPSA) is 86.3 Å². The Labute approximate surface area is 190 Å². The summed E-state index contributed by atoms with van der Waals surface area (Å²) in [5.41, 5.74) is 9.51. The number of halogens is 1. The van der Waals surface area contributed by atoms with Crippen molar-refractivity contribution >= 4 is 34.4 Å². The molecule has 1 aromatic carbocycles. The molecule has 32 heavy (non-hydrogen) atoms. The molecule has 8 heteroatoms. The van der Waals surface area contributed by atoms with Gasteiger partial charge in [-0.05, 0) is 41.5 Å². The molecular formula is C24H22ClN5O2. The van der Waals surface area contributed by atoms with Gasteiger partial charge in [0.2, 0.25) is 5.91 Å². The highest BCUT2D eigenvalue weighted by atomic mass is 35.5. The molecule has 1 aliphatic heterocycles. The predicted molar refractivity (Wildman–Crippen MR) is 124 cm³/mol. The first-order valence-corrected chi connectivity index (χ1v) is 10.7. The highest BCUT2D eigenvalue weighted by Crippen LogP contribution is 2.51. The molecule has 7 nitrogen and oxygen atoms in total. The summed E-state index contributed by atoms with van der Waals surface area (Å²) in [6.45, 7) is 5.05. The molecule has 2 aromatic heterocycles. The van der Waals surface area contributed by atoms with Gasteiger partial charge in [0.15, 0.2) is 0 Å². The molecule has 1 aliphatic carbocycles. The van der Waals surface area contributed by atoms with E-state index in [0.29, 0.717) is 34.1 Å². The number of anilines is 1. The van der Waals surface area contributed by atoms with Crippen LogP contribution in [0.25, 0.3) is 22.2 Å². The van der Waals surface area contributed by atoms with Gasteiger partial charge in [-0.25, -0.2) is 9.97 Å². The average molecular weight is 448 g/mol. The summed E-state index contributed by atoms with van der Waals surface area (Å²) in [6, 6.07) is 5.59. The molecule has 1 unspecified atom stereocenters. The van der Waals surface area contributed by atoms with Crippen molar-refractivity contribution in [3.8, 4) is 28.7 Å². The third kappa shape index (κ3) is 3.10. The minimum atomic E-state index is -0.00869. The van der Waals surface area contributed by atoms with Crippen LogP contribution in [0.3, 0.4) is 0 Å². The fourth-order valence-corrected chi connectivity index (χ4v) is 4.91. The van der Waals surface area contributed by atoms with Gasteiger partial charge in [-0.2, -0.15) is 0 Å². The van der Waals surface area contributed by atoms with Gasteiger partial charge in [0.05, 0.1) is 17.5 Å². The third-order valence-electron chi connectivity index (χ3n) is 6.47. The van der Waals surface area contributed by atoms with E-state index in [4.69, 9.17) is 22.1 Å². The minimum Gasteiger partial charge on any atom is -0.495 e. The fraction of sp³-hybridized carbons (Fsp3) is 0.292. The summed E-state index contributed by atoms with van der Waals surface area (Å²) in [5, 5.41) is 1.28. The van der Waals surface area contributed by atoms with Crippen molar-refractivity contribution in [1.29, 1.82) is 0 Å². The van der Waals surface area contributed by atoms with Gasteiger partial charge in [0.25, 0.3) is 0 Å². The Morgan fingerprint density at radius 2 is 2.09 bits per heavy atom. The molecule has 1 amide bonds. The summed E-state index contributed by atoms with van der Waals surface area (Å²) in [5.74, 6) is 8.90. The molecule has 2 N–H and O–H groups in total. The van der Waals surface area contributed by atoms with Gasteiger partial charge in [-0.15, -0.1) is 0 Å². The Morgan fingerprint density at radius 3 is 2.78 bits per heavy atom. The van der Waals surface area contributed by atoms with Crippen molar-refractivity contribution in [3.63, 3.8) is 0 Å². The molecule has 5 rings (SSSR count). The van der Waals surface area contributed by atoms with Crippen LogP contribution < -0.4 is 10.5 Å². The lowest BCUT2D eigenvalue weighted by Gasteiger charge is -2.16. The molecular weight excluding hydrogens is 426 g/mol. The first-order valence-electron chi connectivity index (χ1n) is 10.3. The normalized spacial score (nSPS) is 21.1. The second-order valence-electron chi connectivity index (χ2n) is 8.16. The molecule has 0 bridgehead atoms. The Kier molecular flexibility index (Phi) is 4.83. The molecule has 1 saturated carbocycles. The van der Waals surface area contributed by atoms with Crippen molar-refractivity contribution < 1.29 is 9.53 Å². The van der Waals surface area contributed by atoms with E-state index in [2.05, 4.69) is 28.4 Å². The number of aromatic nitrogens is 3. The number of carbonyl (C=O) groups excluding carboxylic acids is 1.